The van der Waals surface area contributed by atoms with Crippen LogP contribution in [-0.4, -0.2) is 72.9 Å². The van der Waals surface area contributed by atoms with Crippen LogP contribution in [0.5, 0.6) is 0 Å². The van der Waals surface area contributed by atoms with Gasteiger partial charge in [0.05, 0.1) is 30.9 Å². The third-order valence-corrected chi connectivity index (χ3v) is 4.41. The van der Waals surface area contributed by atoms with E-state index in [1.807, 2.05) is 12.1 Å². The van der Waals surface area contributed by atoms with E-state index in [4.69, 9.17) is 15.6 Å². The molecule has 148 valence electrons. The maximum atomic E-state index is 12.0. The van der Waals surface area contributed by atoms with Gasteiger partial charge in [0.25, 0.3) is 5.91 Å². The van der Waals surface area contributed by atoms with Crippen molar-refractivity contribution in [1.29, 1.82) is 0 Å². The number of ether oxygens (including phenoxy) is 1. The number of aliphatic hydroxyl groups excluding tert-OH is 1. The predicted molar refractivity (Wildman–Crippen MR) is 105 cm³/mol. The van der Waals surface area contributed by atoms with Gasteiger partial charge in [-0.05, 0) is 24.3 Å². The van der Waals surface area contributed by atoms with Crippen LogP contribution in [0.25, 0.3) is 0 Å². The number of nitrogens with one attached hydrogen (secondary N) is 1. The molecule has 1 amide bonds. The first-order valence-corrected chi connectivity index (χ1v) is 9.13. The fourth-order valence-corrected chi connectivity index (χ4v) is 3.01. The Morgan fingerprint density at radius 2 is 2.18 bits per heavy atom. The molecule has 1 unspecified atom stereocenters. The monoisotopic (exact) mass is 384 g/mol. The number of piperazine rings is 1. The summed E-state index contributed by atoms with van der Waals surface area (Å²) in [5, 5.41) is 12.7. The predicted octanol–water partition coefficient (Wildman–Crippen LogP) is 1.06. The lowest BCUT2D eigenvalue weighted by Crippen LogP contribution is -2.49. The summed E-state index contributed by atoms with van der Waals surface area (Å²) in [6, 6.07) is 6.98. The Morgan fingerprint density at radius 3 is 2.82 bits per heavy atom. The van der Waals surface area contributed by atoms with Crippen molar-refractivity contribution in [2.24, 2.45) is 0 Å². The number of aromatic nitrogens is 1. The molecular formula is C20H24N4O4. The molecule has 2 aromatic rings. The Kier molecular flexibility index (Phi) is 7.03. The number of terminal acetylenes is 1. The molecule has 1 saturated heterocycles. The van der Waals surface area contributed by atoms with Gasteiger partial charge in [0.15, 0.2) is 5.76 Å². The lowest BCUT2D eigenvalue weighted by molar-refractivity contribution is 0.0267. The average Bonchev–Trinajstić information content (AvgIpc) is 3.24. The van der Waals surface area contributed by atoms with Crippen LogP contribution in [0.4, 0.5) is 11.5 Å². The van der Waals surface area contributed by atoms with Crippen LogP contribution in [0.2, 0.25) is 0 Å². The van der Waals surface area contributed by atoms with Gasteiger partial charge in [-0.1, -0.05) is 5.92 Å². The molecule has 1 atom stereocenters. The molecule has 0 aromatic carbocycles. The third kappa shape index (κ3) is 5.57. The molecule has 28 heavy (non-hydrogen) atoms. The number of aliphatic hydroxyl groups is 1. The van der Waals surface area contributed by atoms with Crippen LogP contribution in [-0.2, 0) is 4.74 Å². The quantitative estimate of drug-likeness (QED) is 0.519. The van der Waals surface area contributed by atoms with Crippen LogP contribution >= 0.6 is 0 Å². The summed E-state index contributed by atoms with van der Waals surface area (Å²) in [4.78, 5) is 20.8. The van der Waals surface area contributed by atoms with Gasteiger partial charge in [-0.3, -0.25) is 9.69 Å². The number of anilines is 2. The van der Waals surface area contributed by atoms with E-state index in [0.29, 0.717) is 12.2 Å². The number of amides is 1. The summed E-state index contributed by atoms with van der Waals surface area (Å²) in [6.45, 7) is 4.29. The zero-order chi connectivity index (χ0) is 19.8. The lowest BCUT2D eigenvalue weighted by Gasteiger charge is -2.36. The van der Waals surface area contributed by atoms with E-state index in [9.17, 15) is 9.90 Å². The minimum Gasteiger partial charge on any atom is -0.459 e. The highest BCUT2D eigenvalue weighted by Crippen LogP contribution is 2.17. The number of furan rings is 1. The topological polar surface area (TPSA) is 91.1 Å². The normalized spacial score (nSPS) is 15.8. The molecule has 1 aliphatic rings. The maximum Gasteiger partial charge on any atom is 0.291 e. The van der Waals surface area contributed by atoms with Crippen LogP contribution < -0.4 is 10.2 Å². The van der Waals surface area contributed by atoms with Crippen molar-refractivity contribution in [3.05, 3.63) is 42.5 Å². The first kappa shape index (κ1) is 19.9. The molecule has 1 fully saturated rings. The summed E-state index contributed by atoms with van der Waals surface area (Å²) in [5.74, 6) is 3.19. The molecule has 3 rings (SSSR count). The first-order chi connectivity index (χ1) is 13.7. The highest BCUT2D eigenvalue weighted by molar-refractivity contribution is 6.02. The van der Waals surface area contributed by atoms with Gasteiger partial charge in [0.2, 0.25) is 0 Å². The van der Waals surface area contributed by atoms with Crippen molar-refractivity contribution in [3.8, 4) is 12.3 Å². The minimum absolute atomic E-state index is 0.217. The van der Waals surface area contributed by atoms with Gasteiger partial charge < -0.3 is 24.5 Å². The van der Waals surface area contributed by atoms with Crippen LogP contribution in [0.1, 0.15) is 10.6 Å². The fourth-order valence-electron chi connectivity index (χ4n) is 3.01. The number of nitrogens with zero attached hydrogens (tertiary/aromatic N) is 3. The fraction of sp³-hybridized carbons (Fsp3) is 0.400. The summed E-state index contributed by atoms with van der Waals surface area (Å²) < 4.78 is 10.2. The van der Waals surface area contributed by atoms with Crippen molar-refractivity contribution >= 4 is 17.4 Å². The van der Waals surface area contributed by atoms with E-state index in [0.717, 1.165) is 32.0 Å². The van der Waals surface area contributed by atoms with E-state index in [1.54, 1.807) is 18.3 Å². The second-order valence-electron chi connectivity index (χ2n) is 6.50. The molecule has 0 spiro atoms. The minimum atomic E-state index is -0.546. The summed E-state index contributed by atoms with van der Waals surface area (Å²) in [6.07, 6.45) is 7.67. The standard InChI is InChI=1S/C20H24N4O4/c1-2-11-27-15-17(25)14-23-7-9-24(10-8-23)19-6-5-16(13-21-19)22-20(26)18-4-3-12-28-18/h1,3-6,12-13,17,25H,7-11,14-15H2,(H,22,26). The van der Waals surface area contributed by atoms with Crippen molar-refractivity contribution in [1.82, 2.24) is 9.88 Å². The molecule has 0 bridgehead atoms. The molecule has 1 aliphatic heterocycles. The molecule has 0 aliphatic carbocycles. The largest absolute Gasteiger partial charge is 0.459 e. The van der Waals surface area contributed by atoms with Crippen molar-refractivity contribution in [3.63, 3.8) is 0 Å². The van der Waals surface area contributed by atoms with Gasteiger partial charge in [0.1, 0.15) is 12.4 Å². The van der Waals surface area contributed by atoms with E-state index >= 15 is 0 Å². The number of rotatable bonds is 8. The summed E-state index contributed by atoms with van der Waals surface area (Å²) >= 11 is 0. The molecule has 0 radical (unpaired) electrons. The van der Waals surface area contributed by atoms with Gasteiger partial charge in [0, 0.05) is 32.7 Å². The van der Waals surface area contributed by atoms with Gasteiger partial charge in [-0.25, -0.2) is 4.98 Å². The third-order valence-electron chi connectivity index (χ3n) is 4.41. The van der Waals surface area contributed by atoms with E-state index in [1.165, 1.54) is 6.26 Å². The SMILES string of the molecule is C#CCOCC(O)CN1CCN(c2ccc(NC(=O)c3ccco3)cn2)CC1. The Balaban J connectivity index is 1.44. The Bertz CT molecular complexity index is 778. The van der Waals surface area contributed by atoms with E-state index in [-0.39, 0.29) is 24.9 Å². The summed E-state index contributed by atoms with van der Waals surface area (Å²) in [7, 11) is 0. The smallest absolute Gasteiger partial charge is 0.291 e. The number of hydrogen-bond acceptors (Lipinski definition) is 7. The number of carbonyl (C=O) groups is 1. The molecule has 0 saturated carbocycles. The van der Waals surface area contributed by atoms with Crippen molar-refractivity contribution in [2.75, 3.05) is 56.2 Å². The van der Waals surface area contributed by atoms with Gasteiger partial charge >= 0.3 is 0 Å². The first-order valence-electron chi connectivity index (χ1n) is 9.13. The second kappa shape index (κ2) is 9.90. The second-order valence-corrected chi connectivity index (χ2v) is 6.50. The number of β-amino-alcohol motifs (C(OH)–C–C–N with tert-alkyl or cyclic N) is 1. The van der Waals surface area contributed by atoms with Crippen LogP contribution in [0.15, 0.2) is 41.1 Å². The molecule has 2 aromatic heterocycles. The van der Waals surface area contributed by atoms with Gasteiger partial charge in [-0.15, -0.1) is 6.42 Å². The van der Waals surface area contributed by atoms with Crippen LogP contribution in [0, 0.1) is 12.3 Å². The molecule has 8 heteroatoms. The van der Waals surface area contributed by atoms with Crippen molar-refractivity contribution in [2.45, 2.75) is 6.10 Å². The Labute approximate surface area is 164 Å². The number of pyridine rings is 1. The molecule has 3 heterocycles. The van der Waals surface area contributed by atoms with Crippen molar-refractivity contribution < 1.29 is 19.1 Å². The average molecular weight is 384 g/mol. The Morgan fingerprint density at radius 1 is 1.36 bits per heavy atom. The zero-order valence-electron chi connectivity index (χ0n) is 15.6. The molecule has 8 nitrogen and oxygen atoms in total. The Hall–Kier alpha value is -2.86. The van der Waals surface area contributed by atoms with E-state index < -0.39 is 6.10 Å². The zero-order valence-corrected chi connectivity index (χ0v) is 15.6. The number of hydrogen-bond donors (Lipinski definition) is 2. The van der Waals surface area contributed by atoms with Crippen LogP contribution in [0.3, 0.4) is 0 Å². The highest BCUT2D eigenvalue weighted by Gasteiger charge is 2.20. The highest BCUT2D eigenvalue weighted by atomic mass is 16.5. The number of carbonyl (C=O) groups excluding carboxylic acids is 1. The maximum absolute atomic E-state index is 12.0. The summed E-state index contributed by atoms with van der Waals surface area (Å²) in [5.41, 5.74) is 0.610. The lowest BCUT2D eigenvalue weighted by atomic mass is 10.2. The molecule has 2 N–H and O–H groups in total. The van der Waals surface area contributed by atoms with Gasteiger partial charge in [-0.2, -0.15) is 0 Å². The molecular weight excluding hydrogens is 360 g/mol. The van der Waals surface area contributed by atoms with E-state index in [2.05, 4.69) is 26.0 Å².